The van der Waals surface area contributed by atoms with E-state index in [2.05, 4.69) is 15.4 Å². The maximum Gasteiger partial charge on any atom is 0.573 e. The predicted octanol–water partition coefficient (Wildman–Crippen LogP) is 3.02. The van der Waals surface area contributed by atoms with E-state index in [0.29, 0.717) is 25.7 Å². The fraction of sp³-hybridized carbons (Fsp3) is 0.533. The lowest BCUT2D eigenvalue weighted by atomic mass is 9.93. The Hall–Kier alpha value is -2.16. The van der Waals surface area contributed by atoms with Crippen molar-refractivity contribution in [1.29, 1.82) is 0 Å². The van der Waals surface area contributed by atoms with Gasteiger partial charge in [-0.05, 0) is 37.8 Å². The number of hydrogen-bond donors (Lipinski definition) is 3. The SMILES string of the molecule is COc1ccc(OC(F)(F)F)cc1NC(=O)N[C@H]1CC[C@H](O)CC1. The number of halogens is 3. The van der Waals surface area contributed by atoms with Gasteiger partial charge in [0.1, 0.15) is 11.5 Å². The van der Waals surface area contributed by atoms with Gasteiger partial charge in [0, 0.05) is 12.1 Å². The van der Waals surface area contributed by atoms with Crippen molar-refractivity contribution in [3.05, 3.63) is 18.2 Å². The van der Waals surface area contributed by atoms with Crippen LogP contribution < -0.4 is 20.1 Å². The summed E-state index contributed by atoms with van der Waals surface area (Å²) in [7, 11) is 1.34. The first-order chi connectivity index (χ1) is 11.3. The molecule has 0 heterocycles. The predicted molar refractivity (Wildman–Crippen MR) is 80.1 cm³/mol. The molecule has 2 amide bonds. The van der Waals surface area contributed by atoms with Crippen molar-refractivity contribution in [2.45, 2.75) is 44.2 Å². The average molecular weight is 348 g/mol. The highest BCUT2D eigenvalue weighted by Crippen LogP contribution is 2.32. The highest BCUT2D eigenvalue weighted by molar-refractivity contribution is 5.91. The van der Waals surface area contributed by atoms with Crippen LogP contribution in [0.4, 0.5) is 23.7 Å². The summed E-state index contributed by atoms with van der Waals surface area (Å²) < 4.78 is 45.7. The maximum atomic E-state index is 12.3. The van der Waals surface area contributed by atoms with Gasteiger partial charge < -0.3 is 25.2 Å². The van der Waals surface area contributed by atoms with Crippen molar-refractivity contribution >= 4 is 11.7 Å². The van der Waals surface area contributed by atoms with Crippen molar-refractivity contribution in [3.8, 4) is 11.5 Å². The van der Waals surface area contributed by atoms with E-state index in [9.17, 15) is 23.1 Å². The van der Waals surface area contributed by atoms with Gasteiger partial charge in [-0.25, -0.2) is 4.79 Å². The lowest BCUT2D eigenvalue weighted by molar-refractivity contribution is -0.274. The number of hydrogen-bond acceptors (Lipinski definition) is 4. The van der Waals surface area contributed by atoms with Crippen LogP contribution in [-0.4, -0.2) is 36.8 Å². The Labute approximate surface area is 136 Å². The fourth-order valence-electron chi connectivity index (χ4n) is 2.55. The third kappa shape index (κ3) is 5.48. The van der Waals surface area contributed by atoms with E-state index in [1.807, 2.05) is 0 Å². The Kier molecular flexibility index (Phi) is 5.76. The van der Waals surface area contributed by atoms with Gasteiger partial charge in [0.15, 0.2) is 0 Å². The van der Waals surface area contributed by atoms with Crippen molar-refractivity contribution in [1.82, 2.24) is 5.32 Å². The number of anilines is 1. The molecule has 24 heavy (non-hydrogen) atoms. The largest absolute Gasteiger partial charge is 0.573 e. The minimum absolute atomic E-state index is 0.0626. The van der Waals surface area contributed by atoms with Crippen molar-refractivity contribution in [2.75, 3.05) is 12.4 Å². The molecule has 0 spiro atoms. The number of carbonyl (C=O) groups is 1. The van der Waals surface area contributed by atoms with Crippen LogP contribution >= 0.6 is 0 Å². The monoisotopic (exact) mass is 348 g/mol. The number of alkyl halides is 3. The van der Waals surface area contributed by atoms with Gasteiger partial charge in [-0.1, -0.05) is 0 Å². The summed E-state index contributed by atoms with van der Waals surface area (Å²) in [5.41, 5.74) is 0.0626. The molecular weight excluding hydrogens is 329 g/mol. The number of nitrogens with one attached hydrogen (secondary N) is 2. The van der Waals surface area contributed by atoms with Crippen LogP contribution in [-0.2, 0) is 0 Å². The number of carbonyl (C=O) groups excluding carboxylic acids is 1. The summed E-state index contributed by atoms with van der Waals surface area (Å²) in [5.74, 6) is -0.252. The van der Waals surface area contributed by atoms with Crippen LogP contribution in [0.2, 0.25) is 0 Å². The summed E-state index contributed by atoms with van der Waals surface area (Å²) in [6.07, 6.45) is -2.68. The Morgan fingerprint density at radius 3 is 2.50 bits per heavy atom. The van der Waals surface area contributed by atoms with Gasteiger partial charge in [0.25, 0.3) is 0 Å². The summed E-state index contributed by atoms with van der Waals surface area (Å²) in [4.78, 5) is 12.0. The normalized spacial score (nSPS) is 21.0. The molecule has 134 valence electrons. The third-order valence-corrected chi connectivity index (χ3v) is 3.68. The lowest BCUT2D eigenvalue weighted by Crippen LogP contribution is -2.40. The van der Waals surface area contributed by atoms with E-state index < -0.39 is 18.1 Å². The van der Waals surface area contributed by atoms with Gasteiger partial charge in [-0.2, -0.15) is 0 Å². The first-order valence-corrected chi connectivity index (χ1v) is 7.46. The molecule has 0 bridgehead atoms. The Bertz CT molecular complexity index is 572. The molecular formula is C15H19F3N2O4. The third-order valence-electron chi connectivity index (χ3n) is 3.68. The van der Waals surface area contributed by atoms with Gasteiger partial charge in [-0.3, -0.25) is 0 Å². The van der Waals surface area contributed by atoms with Crippen LogP contribution in [0.25, 0.3) is 0 Å². The zero-order valence-electron chi connectivity index (χ0n) is 13.0. The molecule has 1 aromatic carbocycles. The summed E-state index contributed by atoms with van der Waals surface area (Å²) in [6, 6.07) is 2.76. The van der Waals surface area contributed by atoms with E-state index in [-0.39, 0.29) is 23.6 Å². The molecule has 1 aliphatic carbocycles. The highest BCUT2D eigenvalue weighted by atomic mass is 19.4. The van der Waals surface area contributed by atoms with Gasteiger partial charge in [-0.15, -0.1) is 13.2 Å². The van der Waals surface area contributed by atoms with Crippen LogP contribution in [0.1, 0.15) is 25.7 Å². The van der Waals surface area contributed by atoms with Gasteiger partial charge >= 0.3 is 12.4 Å². The Balaban J connectivity index is 2.01. The molecule has 3 N–H and O–H groups in total. The first kappa shape index (κ1) is 18.2. The number of amides is 2. The second-order valence-corrected chi connectivity index (χ2v) is 5.51. The molecule has 0 saturated heterocycles. The molecule has 0 aliphatic heterocycles. The number of aliphatic hydroxyl groups excluding tert-OH is 1. The standard InChI is InChI=1S/C15H19F3N2O4/c1-23-13-7-6-11(24-15(16,17)18)8-12(13)20-14(22)19-9-2-4-10(21)5-3-9/h6-10,21H,2-5H2,1H3,(H2,19,20,22)/t9-,10-. The average Bonchev–Trinajstić information content (AvgIpc) is 2.48. The number of urea groups is 1. The maximum absolute atomic E-state index is 12.3. The van der Waals surface area contributed by atoms with Crippen LogP contribution in [0.3, 0.4) is 0 Å². The molecule has 0 unspecified atom stereocenters. The summed E-state index contributed by atoms with van der Waals surface area (Å²) >= 11 is 0. The van der Waals surface area contributed by atoms with E-state index >= 15 is 0 Å². The number of ether oxygens (including phenoxy) is 2. The molecule has 2 rings (SSSR count). The summed E-state index contributed by atoms with van der Waals surface area (Å²) in [6.45, 7) is 0. The molecule has 0 atom stereocenters. The molecule has 1 aromatic rings. The van der Waals surface area contributed by atoms with Gasteiger partial charge in [0.05, 0.1) is 18.9 Å². The smallest absolute Gasteiger partial charge is 0.495 e. The van der Waals surface area contributed by atoms with E-state index in [0.717, 1.165) is 12.1 Å². The van der Waals surface area contributed by atoms with Gasteiger partial charge in [0.2, 0.25) is 0 Å². The molecule has 1 fully saturated rings. The lowest BCUT2D eigenvalue weighted by Gasteiger charge is -2.26. The second-order valence-electron chi connectivity index (χ2n) is 5.51. The van der Waals surface area contributed by atoms with E-state index in [1.165, 1.54) is 13.2 Å². The van der Waals surface area contributed by atoms with E-state index in [1.54, 1.807) is 0 Å². The van der Waals surface area contributed by atoms with Crippen LogP contribution in [0.15, 0.2) is 18.2 Å². The zero-order chi connectivity index (χ0) is 17.7. The highest BCUT2D eigenvalue weighted by Gasteiger charge is 2.31. The number of aliphatic hydroxyl groups is 1. The first-order valence-electron chi connectivity index (χ1n) is 7.46. The molecule has 0 radical (unpaired) electrons. The Morgan fingerprint density at radius 2 is 1.92 bits per heavy atom. The van der Waals surface area contributed by atoms with Crippen LogP contribution in [0.5, 0.6) is 11.5 Å². The topological polar surface area (TPSA) is 79.8 Å². The molecule has 9 heteroatoms. The quantitative estimate of drug-likeness (QED) is 0.781. The van der Waals surface area contributed by atoms with Crippen molar-refractivity contribution < 1.29 is 32.5 Å². The van der Waals surface area contributed by atoms with Crippen molar-refractivity contribution in [3.63, 3.8) is 0 Å². The summed E-state index contributed by atoms with van der Waals surface area (Å²) in [5, 5.41) is 14.6. The second kappa shape index (κ2) is 7.61. The zero-order valence-corrected chi connectivity index (χ0v) is 13.0. The minimum Gasteiger partial charge on any atom is -0.495 e. The molecule has 1 saturated carbocycles. The molecule has 1 aliphatic rings. The number of rotatable bonds is 4. The number of benzene rings is 1. The van der Waals surface area contributed by atoms with Crippen LogP contribution in [0, 0.1) is 0 Å². The van der Waals surface area contributed by atoms with Crippen molar-refractivity contribution in [2.24, 2.45) is 0 Å². The number of methoxy groups -OCH3 is 1. The fourth-order valence-corrected chi connectivity index (χ4v) is 2.55. The minimum atomic E-state index is -4.82. The molecule has 0 aromatic heterocycles. The van der Waals surface area contributed by atoms with E-state index in [4.69, 9.17) is 4.74 Å². The molecule has 6 nitrogen and oxygen atoms in total. The Morgan fingerprint density at radius 1 is 1.25 bits per heavy atom.